The Morgan fingerprint density at radius 1 is 1.00 bits per heavy atom. The number of rotatable bonds is 3. The minimum Gasteiger partial charge on any atom is -0.330 e. The van der Waals surface area contributed by atoms with Gasteiger partial charge in [0.1, 0.15) is 5.82 Å². The molecule has 2 N–H and O–H groups in total. The summed E-state index contributed by atoms with van der Waals surface area (Å²) in [5, 5.41) is 0. The molecule has 2 aromatic rings. The zero-order chi connectivity index (χ0) is 13.3. The van der Waals surface area contributed by atoms with Crippen LogP contribution in [0.4, 0.5) is 4.39 Å². The quantitative estimate of drug-likeness (QED) is 0.891. The molecule has 1 fully saturated rings. The molecule has 0 radical (unpaired) electrons. The Morgan fingerprint density at radius 2 is 1.63 bits per heavy atom. The van der Waals surface area contributed by atoms with Gasteiger partial charge >= 0.3 is 0 Å². The van der Waals surface area contributed by atoms with Crippen molar-refractivity contribution in [2.75, 3.05) is 6.54 Å². The van der Waals surface area contributed by atoms with Gasteiger partial charge in [0.05, 0.1) is 0 Å². The zero-order valence-corrected chi connectivity index (χ0v) is 10.9. The van der Waals surface area contributed by atoms with Crippen molar-refractivity contribution in [1.82, 2.24) is 0 Å². The van der Waals surface area contributed by atoms with Gasteiger partial charge in [-0.3, -0.25) is 0 Å². The summed E-state index contributed by atoms with van der Waals surface area (Å²) in [5.74, 6) is 0.393. The van der Waals surface area contributed by atoms with E-state index >= 15 is 0 Å². The van der Waals surface area contributed by atoms with Gasteiger partial charge in [-0.1, -0.05) is 42.5 Å². The molecule has 2 heteroatoms. The fourth-order valence-electron chi connectivity index (χ4n) is 3.17. The molecule has 3 rings (SSSR count). The molecule has 0 aliphatic heterocycles. The van der Waals surface area contributed by atoms with Crippen LogP contribution in [-0.4, -0.2) is 6.54 Å². The van der Waals surface area contributed by atoms with E-state index in [0.717, 1.165) is 12.8 Å². The molecule has 0 saturated heterocycles. The van der Waals surface area contributed by atoms with Gasteiger partial charge in [-0.2, -0.15) is 0 Å². The Bertz CT molecular complexity index is 541. The minimum atomic E-state index is -0.185. The molecular weight excluding hydrogens is 237 g/mol. The Hall–Kier alpha value is -1.67. The van der Waals surface area contributed by atoms with Crippen LogP contribution in [0.1, 0.15) is 29.9 Å². The van der Waals surface area contributed by atoms with Crippen molar-refractivity contribution in [3.63, 3.8) is 0 Å². The maximum Gasteiger partial charge on any atom is 0.123 e. The van der Waals surface area contributed by atoms with Gasteiger partial charge < -0.3 is 5.73 Å². The molecule has 98 valence electrons. The molecule has 0 unspecified atom stereocenters. The summed E-state index contributed by atoms with van der Waals surface area (Å²) < 4.78 is 13.0. The van der Waals surface area contributed by atoms with E-state index in [9.17, 15) is 4.39 Å². The summed E-state index contributed by atoms with van der Waals surface area (Å²) in [5.41, 5.74) is 8.57. The Morgan fingerprint density at radius 3 is 2.21 bits per heavy atom. The van der Waals surface area contributed by atoms with Crippen LogP contribution in [0.3, 0.4) is 0 Å². The van der Waals surface area contributed by atoms with Crippen LogP contribution in [0.2, 0.25) is 0 Å². The monoisotopic (exact) mass is 255 g/mol. The van der Waals surface area contributed by atoms with E-state index in [1.165, 1.54) is 23.3 Å². The molecule has 0 spiro atoms. The van der Waals surface area contributed by atoms with Crippen LogP contribution in [0.5, 0.6) is 0 Å². The molecule has 1 aliphatic carbocycles. The molecule has 1 nitrogen and oxygen atoms in total. The van der Waals surface area contributed by atoms with Gasteiger partial charge in [-0.25, -0.2) is 4.39 Å². The van der Waals surface area contributed by atoms with Gasteiger partial charge in [0.15, 0.2) is 0 Å². The van der Waals surface area contributed by atoms with Crippen molar-refractivity contribution in [3.05, 3.63) is 71.5 Å². The van der Waals surface area contributed by atoms with Crippen LogP contribution >= 0.6 is 0 Å². The summed E-state index contributed by atoms with van der Waals surface area (Å²) in [4.78, 5) is 0. The van der Waals surface area contributed by atoms with Crippen LogP contribution in [0.15, 0.2) is 54.6 Å². The molecule has 0 bridgehead atoms. The molecular formula is C17H18FN. The van der Waals surface area contributed by atoms with Gasteiger partial charge in [0, 0.05) is 12.0 Å². The molecule has 2 aromatic carbocycles. The van der Waals surface area contributed by atoms with E-state index in [0.29, 0.717) is 12.5 Å². The highest BCUT2D eigenvalue weighted by Gasteiger charge is 2.44. The smallest absolute Gasteiger partial charge is 0.123 e. The van der Waals surface area contributed by atoms with E-state index in [1.807, 2.05) is 18.2 Å². The Labute approximate surface area is 113 Å². The normalized spacial score (nSPS) is 25.9. The molecule has 0 atom stereocenters. The van der Waals surface area contributed by atoms with Crippen molar-refractivity contribution >= 4 is 0 Å². The zero-order valence-electron chi connectivity index (χ0n) is 10.9. The Kier molecular flexibility index (Phi) is 3.11. The van der Waals surface area contributed by atoms with Crippen molar-refractivity contribution in [2.24, 2.45) is 5.73 Å². The van der Waals surface area contributed by atoms with Crippen molar-refractivity contribution in [2.45, 2.75) is 24.2 Å². The first-order valence-corrected chi connectivity index (χ1v) is 6.75. The van der Waals surface area contributed by atoms with E-state index in [2.05, 4.69) is 24.3 Å². The lowest BCUT2D eigenvalue weighted by atomic mass is 9.57. The predicted molar refractivity (Wildman–Crippen MR) is 75.5 cm³/mol. The average Bonchev–Trinajstić information content (AvgIpc) is 2.41. The molecule has 19 heavy (non-hydrogen) atoms. The molecule has 0 amide bonds. The first-order valence-electron chi connectivity index (χ1n) is 6.75. The van der Waals surface area contributed by atoms with E-state index in [-0.39, 0.29) is 11.2 Å². The van der Waals surface area contributed by atoms with Gasteiger partial charge in [-0.15, -0.1) is 0 Å². The van der Waals surface area contributed by atoms with Crippen molar-refractivity contribution in [3.8, 4) is 0 Å². The highest BCUT2D eigenvalue weighted by Crippen LogP contribution is 2.51. The topological polar surface area (TPSA) is 26.0 Å². The number of halogens is 1. The lowest BCUT2D eigenvalue weighted by Gasteiger charge is -2.48. The van der Waals surface area contributed by atoms with Crippen LogP contribution in [0, 0.1) is 5.82 Å². The van der Waals surface area contributed by atoms with E-state index in [4.69, 9.17) is 5.73 Å². The SMILES string of the molecule is NCC1(c2ccc(F)cc2)CC(c2ccccc2)C1. The third-order valence-electron chi connectivity index (χ3n) is 4.39. The molecule has 0 aromatic heterocycles. The van der Waals surface area contributed by atoms with Gasteiger partial charge in [0.2, 0.25) is 0 Å². The predicted octanol–water partition coefficient (Wildman–Crippen LogP) is 3.60. The standard InChI is InChI=1S/C17H18FN/c18-16-8-6-15(7-9-16)17(12-19)10-14(11-17)13-4-2-1-3-5-13/h1-9,14H,10-12,19H2. The number of hydrogen-bond donors (Lipinski definition) is 1. The average molecular weight is 255 g/mol. The maximum atomic E-state index is 13.0. The first kappa shape index (κ1) is 12.4. The van der Waals surface area contributed by atoms with Crippen LogP contribution in [-0.2, 0) is 5.41 Å². The third-order valence-corrected chi connectivity index (χ3v) is 4.39. The lowest BCUT2D eigenvalue weighted by Crippen LogP contribution is -2.46. The fraction of sp³-hybridized carbons (Fsp3) is 0.294. The first-order chi connectivity index (χ1) is 9.23. The maximum absolute atomic E-state index is 13.0. The molecule has 1 aliphatic rings. The summed E-state index contributed by atoms with van der Waals surface area (Å²) >= 11 is 0. The van der Waals surface area contributed by atoms with E-state index in [1.54, 1.807) is 0 Å². The third kappa shape index (κ3) is 2.17. The van der Waals surface area contributed by atoms with Crippen LogP contribution in [0.25, 0.3) is 0 Å². The van der Waals surface area contributed by atoms with Gasteiger partial charge in [-0.05, 0) is 42.0 Å². The number of nitrogens with two attached hydrogens (primary N) is 1. The van der Waals surface area contributed by atoms with E-state index < -0.39 is 0 Å². The van der Waals surface area contributed by atoms with Crippen molar-refractivity contribution in [1.29, 1.82) is 0 Å². The summed E-state index contributed by atoms with van der Waals surface area (Å²) in [6, 6.07) is 17.4. The fourth-order valence-corrected chi connectivity index (χ4v) is 3.17. The summed E-state index contributed by atoms with van der Waals surface area (Å²) in [7, 11) is 0. The van der Waals surface area contributed by atoms with Crippen LogP contribution < -0.4 is 5.73 Å². The summed E-state index contributed by atoms with van der Waals surface area (Å²) in [6.45, 7) is 0.627. The highest BCUT2D eigenvalue weighted by molar-refractivity contribution is 5.35. The minimum absolute atomic E-state index is 0.0359. The lowest BCUT2D eigenvalue weighted by molar-refractivity contribution is 0.209. The second kappa shape index (κ2) is 4.78. The Balaban J connectivity index is 1.80. The highest BCUT2D eigenvalue weighted by atomic mass is 19.1. The second-order valence-corrected chi connectivity index (χ2v) is 5.51. The second-order valence-electron chi connectivity index (χ2n) is 5.51. The summed E-state index contributed by atoms with van der Waals surface area (Å²) in [6.07, 6.45) is 2.11. The largest absolute Gasteiger partial charge is 0.330 e. The van der Waals surface area contributed by atoms with Gasteiger partial charge in [0.25, 0.3) is 0 Å². The number of hydrogen-bond acceptors (Lipinski definition) is 1. The number of benzene rings is 2. The molecule has 0 heterocycles. The van der Waals surface area contributed by atoms with Crippen molar-refractivity contribution < 1.29 is 4.39 Å². The molecule has 1 saturated carbocycles.